The number of carbonyl (C=O) groups is 1. The zero-order valence-electron chi connectivity index (χ0n) is 12.6. The Balaban J connectivity index is 1.85. The summed E-state index contributed by atoms with van der Waals surface area (Å²) in [6.07, 6.45) is 0. The number of fused-ring (bicyclic) bond motifs is 1. The first-order valence-corrected chi connectivity index (χ1v) is 9.30. The molecule has 5 nitrogen and oxygen atoms in total. The predicted octanol–water partition coefficient (Wildman–Crippen LogP) is 3.81. The van der Waals surface area contributed by atoms with Gasteiger partial charge in [-0.25, -0.2) is 13.2 Å². The third kappa shape index (κ3) is 3.18. The van der Waals surface area contributed by atoms with E-state index in [4.69, 9.17) is 4.84 Å². The van der Waals surface area contributed by atoms with E-state index in [0.29, 0.717) is 22.4 Å². The van der Waals surface area contributed by atoms with Gasteiger partial charge in [-0.3, -0.25) is 0 Å². The second kappa shape index (κ2) is 6.33. The highest BCUT2D eigenvalue weighted by Gasteiger charge is 2.28. The van der Waals surface area contributed by atoms with Gasteiger partial charge in [0.2, 0.25) is 9.84 Å². The van der Waals surface area contributed by atoms with E-state index >= 15 is 0 Å². The van der Waals surface area contributed by atoms with Crippen molar-refractivity contribution < 1.29 is 18.0 Å². The number of sulfone groups is 1. The van der Waals surface area contributed by atoms with Crippen molar-refractivity contribution in [2.75, 3.05) is 0 Å². The maximum atomic E-state index is 12.1. The van der Waals surface area contributed by atoms with Crippen LogP contribution in [0.2, 0.25) is 0 Å². The summed E-state index contributed by atoms with van der Waals surface area (Å²) in [7, 11) is -3.48. The molecule has 0 N–H and O–H groups in total. The van der Waals surface area contributed by atoms with E-state index in [1.165, 1.54) is 6.07 Å². The lowest BCUT2D eigenvalue weighted by molar-refractivity contribution is 0.0517. The van der Waals surface area contributed by atoms with Crippen molar-refractivity contribution in [3.8, 4) is 0 Å². The third-order valence-corrected chi connectivity index (χ3v) is 5.54. The Morgan fingerprint density at radius 3 is 2.46 bits per heavy atom. The summed E-state index contributed by atoms with van der Waals surface area (Å²) < 4.78 is 25.1. The molecule has 0 atom stereocenters. The predicted molar refractivity (Wildman–Crippen MR) is 94.3 cm³/mol. The van der Waals surface area contributed by atoms with Crippen LogP contribution >= 0.6 is 15.9 Å². The Morgan fingerprint density at radius 2 is 1.75 bits per heavy atom. The second-order valence-corrected chi connectivity index (χ2v) is 7.82. The molecule has 3 rings (SSSR count). The van der Waals surface area contributed by atoms with Crippen molar-refractivity contribution >= 4 is 43.0 Å². The lowest BCUT2D eigenvalue weighted by atomic mass is 10.0. The molecule has 1 aliphatic heterocycles. The molecule has 2 aromatic carbocycles. The number of hydrogen-bond donors (Lipinski definition) is 0. The minimum atomic E-state index is -3.48. The molecule has 0 saturated carbocycles. The van der Waals surface area contributed by atoms with Crippen LogP contribution in [-0.4, -0.2) is 20.1 Å². The van der Waals surface area contributed by atoms with E-state index in [-0.39, 0.29) is 4.90 Å². The summed E-state index contributed by atoms with van der Waals surface area (Å²) in [4.78, 5) is 17.1. The van der Waals surface area contributed by atoms with Crippen LogP contribution in [0.3, 0.4) is 0 Å². The zero-order chi connectivity index (χ0) is 17.3. The van der Waals surface area contributed by atoms with Gasteiger partial charge < -0.3 is 4.84 Å². The van der Waals surface area contributed by atoms with Crippen molar-refractivity contribution in [2.24, 2.45) is 5.16 Å². The molecule has 0 amide bonds. The molecule has 122 valence electrons. The highest BCUT2D eigenvalue weighted by atomic mass is 79.9. The molecule has 1 aliphatic rings. The highest BCUT2D eigenvalue weighted by molar-refractivity contribution is 9.10. The smallest absolute Gasteiger partial charge is 0.313 e. The van der Waals surface area contributed by atoms with Gasteiger partial charge in [0.15, 0.2) is 0 Å². The van der Waals surface area contributed by atoms with Gasteiger partial charge in [-0.05, 0) is 37.3 Å². The van der Waals surface area contributed by atoms with Gasteiger partial charge >= 0.3 is 5.97 Å². The van der Waals surface area contributed by atoms with E-state index in [1.807, 2.05) is 0 Å². The molecule has 0 fully saturated rings. The SMILES string of the molecule is C/C(=N\OC(=O)c1ccc(Br)cc1)C1=CS(=O)(=O)c2ccccc21. The number of hydrogen-bond acceptors (Lipinski definition) is 5. The second-order valence-electron chi connectivity index (χ2n) is 5.14. The summed E-state index contributed by atoms with van der Waals surface area (Å²) in [5.74, 6) is -0.614. The third-order valence-electron chi connectivity index (χ3n) is 3.49. The maximum absolute atomic E-state index is 12.1. The number of halogens is 1. The average molecular weight is 406 g/mol. The molecule has 2 aromatic rings. The first-order valence-electron chi connectivity index (χ1n) is 6.96. The fraction of sp³-hybridized carbons (Fsp3) is 0.0588. The number of rotatable bonds is 3. The van der Waals surface area contributed by atoms with Crippen LogP contribution in [0.5, 0.6) is 0 Å². The minimum Gasteiger partial charge on any atom is -0.313 e. The van der Waals surface area contributed by atoms with Gasteiger partial charge in [0.05, 0.1) is 16.2 Å². The normalized spacial score (nSPS) is 15.6. The fourth-order valence-electron chi connectivity index (χ4n) is 2.30. The number of allylic oxidation sites excluding steroid dienone is 1. The lowest BCUT2D eigenvalue weighted by Crippen LogP contribution is -2.04. The van der Waals surface area contributed by atoms with Crippen LogP contribution in [0.25, 0.3) is 5.57 Å². The number of nitrogens with zero attached hydrogens (tertiary/aromatic N) is 1. The Morgan fingerprint density at radius 1 is 1.08 bits per heavy atom. The van der Waals surface area contributed by atoms with Gasteiger partial charge in [-0.2, -0.15) is 0 Å². The van der Waals surface area contributed by atoms with E-state index in [2.05, 4.69) is 21.1 Å². The number of oxime groups is 1. The average Bonchev–Trinajstić information content (AvgIpc) is 2.85. The molecule has 0 saturated heterocycles. The van der Waals surface area contributed by atoms with E-state index < -0.39 is 15.8 Å². The van der Waals surface area contributed by atoms with Gasteiger partial charge in [-0.1, -0.05) is 39.3 Å². The Labute approximate surface area is 147 Å². The van der Waals surface area contributed by atoms with Gasteiger partial charge in [0, 0.05) is 21.0 Å². The maximum Gasteiger partial charge on any atom is 0.365 e. The van der Waals surface area contributed by atoms with Crippen LogP contribution in [0, 0.1) is 0 Å². The summed E-state index contributed by atoms with van der Waals surface area (Å²) >= 11 is 3.28. The van der Waals surface area contributed by atoms with Gasteiger partial charge in [0.1, 0.15) is 0 Å². The van der Waals surface area contributed by atoms with Crippen LogP contribution in [0.15, 0.2) is 68.5 Å². The molecule has 24 heavy (non-hydrogen) atoms. The molecule has 1 heterocycles. The van der Waals surface area contributed by atoms with Crippen molar-refractivity contribution in [1.29, 1.82) is 0 Å². The minimum absolute atomic E-state index is 0.230. The van der Waals surface area contributed by atoms with E-state index in [9.17, 15) is 13.2 Å². The van der Waals surface area contributed by atoms with Crippen molar-refractivity contribution in [3.05, 3.63) is 69.5 Å². The monoisotopic (exact) mass is 405 g/mol. The van der Waals surface area contributed by atoms with Crippen molar-refractivity contribution in [2.45, 2.75) is 11.8 Å². The van der Waals surface area contributed by atoms with Crippen molar-refractivity contribution in [1.82, 2.24) is 0 Å². The van der Waals surface area contributed by atoms with Crippen LogP contribution in [-0.2, 0) is 14.7 Å². The Kier molecular flexibility index (Phi) is 4.38. The molecule has 0 unspecified atom stereocenters. The Hall–Kier alpha value is -2.25. The summed E-state index contributed by atoms with van der Waals surface area (Å²) in [6.45, 7) is 1.60. The Bertz CT molecular complexity index is 976. The van der Waals surface area contributed by atoms with Gasteiger partial charge in [0.25, 0.3) is 0 Å². The molecule has 0 radical (unpaired) electrons. The largest absolute Gasteiger partial charge is 0.365 e. The number of carbonyl (C=O) groups excluding carboxylic acids is 1. The first-order chi connectivity index (χ1) is 11.4. The number of benzene rings is 2. The van der Waals surface area contributed by atoms with Crippen molar-refractivity contribution in [3.63, 3.8) is 0 Å². The van der Waals surface area contributed by atoms with E-state index in [1.54, 1.807) is 49.4 Å². The topological polar surface area (TPSA) is 72.8 Å². The molecular weight excluding hydrogens is 394 g/mol. The van der Waals surface area contributed by atoms with E-state index in [0.717, 1.165) is 9.88 Å². The molecule has 0 aromatic heterocycles. The quantitative estimate of drug-likeness (QED) is 0.442. The molecule has 0 spiro atoms. The fourth-order valence-corrected chi connectivity index (χ4v) is 4.05. The lowest BCUT2D eigenvalue weighted by Gasteiger charge is -2.04. The van der Waals surface area contributed by atoms with Crippen LogP contribution in [0.4, 0.5) is 0 Å². The van der Waals surface area contributed by atoms with Crippen LogP contribution in [0.1, 0.15) is 22.8 Å². The van der Waals surface area contributed by atoms with Gasteiger partial charge in [-0.15, -0.1) is 0 Å². The zero-order valence-corrected chi connectivity index (χ0v) is 15.0. The molecule has 7 heteroatoms. The first kappa shape index (κ1) is 16.6. The molecular formula is C17H12BrNO4S. The molecule has 0 aliphatic carbocycles. The summed E-state index contributed by atoms with van der Waals surface area (Å²) in [5.41, 5.74) is 1.64. The van der Waals surface area contributed by atoms with Crippen LogP contribution < -0.4 is 0 Å². The standard InChI is InChI=1S/C17H12BrNO4S/c1-11(19-23-17(20)12-6-8-13(18)9-7-12)15-10-24(21,22)16-5-3-2-4-14(15)16/h2-10H,1H3/b19-11+. The summed E-state index contributed by atoms with van der Waals surface area (Å²) in [5, 5.41) is 4.93. The summed E-state index contributed by atoms with van der Waals surface area (Å²) in [6, 6.07) is 13.3. The molecule has 0 bridgehead atoms. The highest BCUT2D eigenvalue weighted by Crippen LogP contribution is 2.33.